The van der Waals surface area contributed by atoms with Gasteiger partial charge >= 0.3 is 13.8 Å². The summed E-state index contributed by atoms with van der Waals surface area (Å²) in [6.07, 6.45) is 35.1. The van der Waals surface area contributed by atoms with Crippen LogP contribution in [-0.4, -0.2) is 98.9 Å². The maximum Gasteiger partial charge on any atom is 0.472 e. The number of phosphoric ester groups is 1. The SMILES string of the molecule is CC/C=C\C/C=C\C/C=C\C/C=C\C/C=C\CCCC(=O)OC(COCCCCCCCC/C=C\C/C=C\CCCC)COP(=O)(O)OC1C(O)C(O)C(O)C(O)C1O. The van der Waals surface area contributed by atoms with Crippen molar-refractivity contribution in [1.82, 2.24) is 0 Å². The summed E-state index contributed by atoms with van der Waals surface area (Å²) >= 11 is 0. The molecule has 1 aliphatic rings. The average molecular weight is 853 g/mol. The van der Waals surface area contributed by atoms with Crippen LogP contribution >= 0.6 is 7.82 Å². The molecule has 13 heteroatoms. The van der Waals surface area contributed by atoms with Crippen LogP contribution in [0.5, 0.6) is 0 Å². The zero-order valence-electron chi connectivity index (χ0n) is 35.8. The number of aliphatic hydroxyl groups excluding tert-OH is 5. The van der Waals surface area contributed by atoms with Crippen molar-refractivity contribution in [1.29, 1.82) is 0 Å². The second kappa shape index (κ2) is 36.2. The Labute approximate surface area is 354 Å². The molecule has 6 N–H and O–H groups in total. The number of aliphatic hydroxyl groups is 5. The topological polar surface area (TPSA) is 192 Å². The first-order valence-electron chi connectivity index (χ1n) is 21.9. The van der Waals surface area contributed by atoms with Gasteiger partial charge in [0.2, 0.25) is 0 Å². The molecular weight excluding hydrogens is 775 g/mol. The van der Waals surface area contributed by atoms with Gasteiger partial charge < -0.3 is 39.9 Å². The molecule has 0 radical (unpaired) electrons. The predicted molar refractivity (Wildman–Crippen MR) is 234 cm³/mol. The smallest absolute Gasteiger partial charge is 0.457 e. The van der Waals surface area contributed by atoms with E-state index < -0.39 is 63.1 Å². The van der Waals surface area contributed by atoms with Gasteiger partial charge in [-0.3, -0.25) is 13.8 Å². The fraction of sp³-hybridized carbons (Fsp3) is 0.674. The molecule has 0 spiro atoms. The normalized spacial score (nSPS) is 23.3. The maximum atomic E-state index is 12.8. The lowest BCUT2D eigenvalue weighted by atomic mass is 9.85. The van der Waals surface area contributed by atoms with Crippen LogP contribution in [0, 0.1) is 0 Å². The van der Waals surface area contributed by atoms with Crippen LogP contribution in [0.25, 0.3) is 0 Å². The van der Waals surface area contributed by atoms with E-state index in [2.05, 4.69) is 86.8 Å². The minimum atomic E-state index is -5.04. The number of unbranched alkanes of at least 4 members (excludes halogenated alkanes) is 9. The molecule has 1 saturated carbocycles. The third kappa shape index (κ3) is 28.6. The Morgan fingerprint density at radius 3 is 1.53 bits per heavy atom. The molecule has 1 rings (SSSR count). The van der Waals surface area contributed by atoms with Gasteiger partial charge in [0.1, 0.15) is 42.7 Å². The molecule has 0 aliphatic heterocycles. The molecule has 0 bridgehead atoms. The van der Waals surface area contributed by atoms with Crippen molar-refractivity contribution in [2.45, 2.75) is 179 Å². The Balaban J connectivity index is 2.49. The number of hydrogen-bond acceptors (Lipinski definition) is 11. The van der Waals surface area contributed by atoms with Crippen LogP contribution in [0.15, 0.2) is 85.1 Å². The lowest BCUT2D eigenvalue weighted by Gasteiger charge is -2.41. The van der Waals surface area contributed by atoms with E-state index in [9.17, 15) is 39.8 Å². The Morgan fingerprint density at radius 1 is 0.559 bits per heavy atom. The fourth-order valence-electron chi connectivity index (χ4n) is 5.99. The van der Waals surface area contributed by atoms with E-state index in [0.29, 0.717) is 19.4 Å². The molecule has 0 aromatic rings. The minimum absolute atomic E-state index is 0.0997. The molecule has 59 heavy (non-hydrogen) atoms. The molecule has 0 saturated heterocycles. The lowest BCUT2D eigenvalue weighted by molar-refractivity contribution is -0.220. The summed E-state index contributed by atoms with van der Waals surface area (Å²) in [7, 11) is -5.04. The Morgan fingerprint density at radius 2 is 1.00 bits per heavy atom. The summed E-state index contributed by atoms with van der Waals surface area (Å²) in [5, 5.41) is 50.1. The minimum Gasteiger partial charge on any atom is -0.457 e. The highest BCUT2D eigenvalue weighted by Crippen LogP contribution is 2.47. The largest absolute Gasteiger partial charge is 0.472 e. The Kier molecular flexibility index (Phi) is 33.5. The van der Waals surface area contributed by atoms with Crippen molar-refractivity contribution >= 4 is 13.8 Å². The fourth-order valence-corrected chi connectivity index (χ4v) is 6.97. The van der Waals surface area contributed by atoms with Gasteiger partial charge in [0.25, 0.3) is 0 Å². The van der Waals surface area contributed by atoms with Crippen molar-refractivity contribution in [3.8, 4) is 0 Å². The molecule has 12 nitrogen and oxygen atoms in total. The van der Waals surface area contributed by atoms with Gasteiger partial charge in [-0.05, 0) is 77.0 Å². The number of rotatable bonds is 35. The summed E-state index contributed by atoms with van der Waals surface area (Å²) in [6.45, 7) is 3.99. The zero-order valence-corrected chi connectivity index (χ0v) is 36.7. The quantitative estimate of drug-likeness (QED) is 0.0154. The number of carbonyl (C=O) groups excluding carboxylic acids is 1. The predicted octanol–water partition coefficient (Wildman–Crippen LogP) is 8.58. The molecule has 0 amide bonds. The van der Waals surface area contributed by atoms with Crippen molar-refractivity contribution in [2.24, 2.45) is 0 Å². The summed E-state index contributed by atoms with van der Waals surface area (Å²) in [5.74, 6) is -0.542. The van der Waals surface area contributed by atoms with Gasteiger partial charge in [-0.1, -0.05) is 137 Å². The third-order valence-corrected chi connectivity index (χ3v) is 10.5. The number of esters is 1. The van der Waals surface area contributed by atoms with Crippen LogP contribution in [0.4, 0.5) is 0 Å². The van der Waals surface area contributed by atoms with Crippen LogP contribution in [0.2, 0.25) is 0 Å². The molecule has 6 unspecified atom stereocenters. The van der Waals surface area contributed by atoms with Crippen molar-refractivity contribution in [3.05, 3.63) is 85.1 Å². The first kappa shape index (κ1) is 54.5. The van der Waals surface area contributed by atoms with E-state index in [1.54, 1.807) is 0 Å². The molecule has 1 fully saturated rings. The summed E-state index contributed by atoms with van der Waals surface area (Å²) in [6, 6.07) is 0. The van der Waals surface area contributed by atoms with Crippen molar-refractivity contribution in [2.75, 3.05) is 19.8 Å². The Hall–Kier alpha value is -2.48. The number of carbonyl (C=O) groups is 1. The van der Waals surface area contributed by atoms with Gasteiger partial charge in [0, 0.05) is 13.0 Å². The number of allylic oxidation sites excluding steroid dienone is 14. The highest BCUT2D eigenvalue weighted by atomic mass is 31.2. The molecule has 0 heterocycles. The van der Waals surface area contributed by atoms with Crippen LogP contribution in [-0.2, 0) is 27.9 Å². The average Bonchev–Trinajstić information content (AvgIpc) is 3.22. The first-order valence-corrected chi connectivity index (χ1v) is 23.4. The summed E-state index contributed by atoms with van der Waals surface area (Å²) in [4.78, 5) is 23.1. The van der Waals surface area contributed by atoms with Gasteiger partial charge in [0.15, 0.2) is 0 Å². The van der Waals surface area contributed by atoms with E-state index in [-0.39, 0.29) is 13.0 Å². The van der Waals surface area contributed by atoms with Gasteiger partial charge in [-0.2, -0.15) is 0 Å². The highest BCUT2D eigenvalue weighted by Gasteiger charge is 2.51. The second-order valence-corrected chi connectivity index (χ2v) is 16.2. The molecular formula is C46H77O12P. The highest BCUT2D eigenvalue weighted by molar-refractivity contribution is 7.47. The third-order valence-electron chi connectivity index (χ3n) is 9.50. The summed E-state index contributed by atoms with van der Waals surface area (Å²) in [5.41, 5.74) is 0. The maximum absolute atomic E-state index is 12.8. The first-order chi connectivity index (χ1) is 28.5. The molecule has 338 valence electrons. The van der Waals surface area contributed by atoms with Crippen LogP contribution in [0.1, 0.15) is 136 Å². The monoisotopic (exact) mass is 853 g/mol. The summed E-state index contributed by atoms with van der Waals surface area (Å²) < 4.78 is 34.0. The zero-order chi connectivity index (χ0) is 43.4. The molecule has 0 aromatic carbocycles. The van der Waals surface area contributed by atoms with E-state index in [0.717, 1.165) is 89.9 Å². The standard InChI is InChI=1S/C46H77O12P/c1-3-5-7-9-11-13-15-17-19-20-21-23-25-27-29-31-33-35-40(47)57-39(38-56-59(53,54)58-46-44(51)42(49)41(48)43(50)45(46)52)37-55-36-34-32-30-28-26-24-22-18-16-14-12-10-8-6-4-2/h5,7,10-13,16-19,21,23,27,29,39,41-46,48-52H,3-4,6,8-9,14-15,20,22,24-26,28,30-38H2,1-2H3,(H,53,54)/b7-5-,12-10-,13-11-,18-16-,19-17-,23-21-,29-27-. The number of phosphoric acid groups is 1. The van der Waals surface area contributed by atoms with Crippen molar-refractivity contribution < 1.29 is 58.3 Å². The van der Waals surface area contributed by atoms with Crippen molar-refractivity contribution in [3.63, 3.8) is 0 Å². The van der Waals surface area contributed by atoms with E-state index in [1.165, 1.54) is 12.8 Å². The van der Waals surface area contributed by atoms with Gasteiger partial charge in [0.05, 0.1) is 13.2 Å². The molecule has 1 aliphatic carbocycles. The number of ether oxygens (including phenoxy) is 2. The van der Waals surface area contributed by atoms with Crippen LogP contribution in [0.3, 0.4) is 0 Å². The van der Waals surface area contributed by atoms with E-state index in [4.69, 9.17) is 18.5 Å². The van der Waals surface area contributed by atoms with Gasteiger partial charge in [-0.25, -0.2) is 4.57 Å². The number of hydrogen-bond donors (Lipinski definition) is 6. The van der Waals surface area contributed by atoms with E-state index in [1.807, 2.05) is 12.2 Å². The van der Waals surface area contributed by atoms with Crippen LogP contribution < -0.4 is 0 Å². The second-order valence-electron chi connectivity index (χ2n) is 14.8. The Bertz CT molecular complexity index is 1290. The molecule has 6 atom stereocenters. The van der Waals surface area contributed by atoms with E-state index >= 15 is 0 Å². The van der Waals surface area contributed by atoms with Gasteiger partial charge in [-0.15, -0.1) is 0 Å². The lowest BCUT2D eigenvalue weighted by Crippen LogP contribution is -2.64. The molecule has 0 aromatic heterocycles.